The lowest BCUT2D eigenvalue weighted by Gasteiger charge is -2.05. The van der Waals surface area contributed by atoms with Gasteiger partial charge in [-0.1, -0.05) is 6.07 Å². The van der Waals surface area contributed by atoms with Crippen LogP contribution in [0.2, 0.25) is 0 Å². The van der Waals surface area contributed by atoms with Crippen LogP contribution in [0.5, 0.6) is 0 Å². The molecule has 0 radical (unpaired) electrons. The molecule has 0 atom stereocenters. The molecule has 1 aromatic carbocycles. The standard InChI is InChI=1S/C17H14N4OS/c1-20-10-7-12-13(5-4-6-15(12)20)18-16(22)14-11-23-17(19-14)21-8-2-3-9-21/h2-11H,1H3,(H,18,22). The van der Waals surface area contributed by atoms with Crippen LogP contribution in [0.4, 0.5) is 5.69 Å². The van der Waals surface area contributed by atoms with E-state index in [1.165, 1.54) is 11.3 Å². The fourth-order valence-electron chi connectivity index (χ4n) is 2.55. The van der Waals surface area contributed by atoms with Crippen molar-refractivity contribution in [1.29, 1.82) is 0 Å². The topological polar surface area (TPSA) is 51.9 Å². The van der Waals surface area contributed by atoms with Gasteiger partial charge in [0.1, 0.15) is 5.69 Å². The average molecular weight is 322 g/mol. The van der Waals surface area contributed by atoms with Gasteiger partial charge in [0.15, 0.2) is 5.13 Å². The van der Waals surface area contributed by atoms with Gasteiger partial charge in [0.05, 0.1) is 5.69 Å². The summed E-state index contributed by atoms with van der Waals surface area (Å²) in [7, 11) is 1.98. The first kappa shape index (κ1) is 13.8. The molecule has 4 rings (SSSR count). The quantitative estimate of drug-likeness (QED) is 0.625. The number of amides is 1. The number of fused-ring (bicyclic) bond motifs is 1. The first-order valence-corrected chi connectivity index (χ1v) is 8.04. The predicted molar refractivity (Wildman–Crippen MR) is 92.3 cm³/mol. The summed E-state index contributed by atoms with van der Waals surface area (Å²) in [4.78, 5) is 16.9. The van der Waals surface area contributed by atoms with Crippen molar-refractivity contribution in [3.8, 4) is 5.13 Å². The zero-order chi connectivity index (χ0) is 15.8. The molecule has 114 valence electrons. The third-order valence-corrected chi connectivity index (χ3v) is 4.58. The molecule has 5 nitrogen and oxygen atoms in total. The van der Waals surface area contributed by atoms with E-state index in [2.05, 4.69) is 10.3 Å². The van der Waals surface area contributed by atoms with E-state index < -0.39 is 0 Å². The third kappa shape index (κ3) is 2.43. The summed E-state index contributed by atoms with van der Waals surface area (Å²) in [5, 5.41) is 6.52. The van der Waals surface area contributed by atoms with E-state index in [4.69, 9.17) is 0 Å². The number of rotatable bonds is 3. The van der Waals surface area contributed by atoms with Crippen molar-refractivity contribution < 1.29 is 4.79 Å². The summed E-state index contributed by atoms with van der Waals surface area (Å²) < 4.78 is 3.91. The van der Waals surface area contributed by atoms with E-state index in [0.717, 1.165) is 21.7 Å². The highest BCUT2D eigenvalue weighted by atomic mass is 32.1. The molecule has 0 aliphatic carbocycles. The largest absolute Gasteiger partial charge is 0.350 e. The number of anilines is 1. The van der Waals surface area contributed by atoms with Crippen molar-refractivity contribution >= 4 is 33.8 Å². The molecule has 0 saturated heterocycles. The second-order valence-electron chi connectivity index (χ2n) is 5.22. The van der Waals surface area contributed by atoms with Gasteiger partial charge < -0.3 is 14.5 Å². The van der Waals surface area contributed by atoms with Crippen LogP contribution in [-0.2, 0) is 7.05 Å². The van der Waals surface area contributed by atoms with Crippen molar-refractivity contribution in [3.63, 3.8) is 0 Å². The molecule has 0 bridgehead atoms. The molecule has 4 aromatic rings. The SMILES string of the molecule is Cn1ccc2c(NC(=O)c3csc(-n4cccc4)n3)cccc21. The van der Waals surface area contributed by atoms with Crippen LogP contribution in [0.3, 0.4) is 0 Å². The van der Waals surface area contributed by atoms with Gasteiger partial charge in [0, 0.05) is 41.9 Å². The van der Waals surface area contributed by atoms with Gasteiger partial charge in [-0.2, -0.15) is 0 Å². The lowest BCUT2D eigenvalue weighted by molar-refractivity contribution is 0.102. The Bertz CT molecular complexity index is 981. The Labute approximate surface area is 136 Å². The minimum absolute atomic E-state index is 0.198. The molecule has 3 heterocycles. The Morgan fingerprint density at radius 2 is 1.96 bits per heavy atom. The van der Waals surface area contributed by atoms with Crippen LogP contribution in [0.15, 0.2) is 60.4 Å². The minimum Gasteiger partial charge on any atom is -0.350 e. The number of thiazole rings is 1. The molecular formula is C17H14N4OS. The maximum absolute atomic E-state index is 12.5. The van der Waals surface area contributed by atoms with Crippen molar-refractivity contribution in [3.05, 3.63) is 66.1 Å². The van der Waals surface area contributed by atoms with Crippen molar-refractivity contribution in [2.75, 3.05) is 5.32 Å². The normalized spacial score (nSPS) is 11.0. The number of hydrogen-bond donors (Lipinski definition) is 1. The molecule has 3 aromatic heterocycles. The van der Waals surface area contributed by atoms with Gasteiger partial charge in [-0.15, -0.1) is 11.3 Å². The smallest absolute Gasteiger partial charge is 0.275 e. The Morgan fingerprint density at radius 3 is 2.78 bits per heavy atom. The second-order valence-corrected chi connectivity index (χ2v) is 6.06. The Kier molecular flexibility index (Phi) is 3.24. The number of aryl methyl sites for hydroxylation is 1. The zero-order valence-corrected chi connectivity index (χ0v) is 13.2. The Hall–Kier alpha value is -2.86. The molecule has 23 heavy (non-hydrogen) atoms. The van der Waals surface area contributed by atoms with Gasteiger partial charge in [-0.25, -0.2) is 4.98 Å². The molecule has 0 spiro atoms. The van der Waals surface area contributed by atoms with E-state index in [0.29, 0.717) is 5.69 Å². The highest BCUT2D eigenvalue weighted by Crippen LogP contribution is 2.24. The maximum Gasteiger partial charge on any atom is 0.275 e. The minimum atomic E-state index is -0.198. The first-order chi connectivity index (χ1) is 11.2. The fourth-order valence-corrected chi connectivity index (χ4v) is 3.32. The number of nitrogens with one attached hydrogen (secondary N) is 1. The monoisotopic (exact) mass is 322 g/mol. The van der Waals surface area contributed by atoms with E-state index in [1.807, 2.05) is 71.2 Å². The number of nitrogens with zero attached hydrogens (tertiary/aromatic N) is 3. The van der Waals surface area contributed by atoms with Gasteiger partial charge in [0.25, 0.3) is 5.91 Å². The van der Waals surface area contributed by atoms with Crippen molar-refractivity contribution in [2.45, 2.75) is 0 Å². The van der Waals surface area contributed by atoms with Crippen LogP contribution in [0, 0.1) is 0 Å². The highest BCUT2D eigenvalue weighted by Gasteiger charge is 2.13. The zero-order valence-electron chi connectivity index (χ0n) is 12.4. The second kappa shape index (κ2) is 5.40. The van der Waals surface area contributed by atoms with E-state index in [-0.39, 0.29) is 5.91 Å². The molecule has 0 fully saturated rings. The van der Waals surface area contributed by atoms with Crippen molar-refractivity contribution in [2.24, 2.45) is 7.05 Å². The summed E-state index contributed by atoms with van der Waals surface area (Å²) in [6.45, 7) is 0. The molecule has 0 unspecified atom stereocenters. The van der Waals surface area contributed by atoms with Crippen molar-refractivity contribution in [1.82, 2.24) is 14.1 Å². The van der Waals surface area contributed by atoms with Gasteiger partial charge in [-0.3, -0.25) is 4.79 Å². The van der Waals surface area contributed by atoms with Crippen LogP contribution in [-0.4, -0.2) is 20.0 Å². The lowest BCUT2D eigenvalue weighted by atomic mass is 10.2. The molecule has 1 N–H and O–H groups in total. The molecule has 0 saturated carbocycles. The van der Waals surface area contributed by atoms with Crippen LogP contribution < -0.4 is 5.32 Å². The third-order valence-electron chi connectivity index (χ3n) is 3.73. The molecule has 6 heteroatoms. The first-order valence-electron chi connectivity index (χ1n) is 7.16. The van der Waals surface area contributed by atoms with E-state index in [1.54, 1.807) is 5.38 Å². The number of carbonyl (C=O) groups excluding carboxylic acids is 1. The average Bonchev–Trinajstić information content (AvgIpc) is 3.28. The maximum atomic E-state index is 12.5. The van der Waals surface area contributed by atoms with Gasteiger partial charge >= 0.3 is 0 Å². The highest BCUT2D eigenvalue weighted by molar-refractivity contribution is 7.12. The Morgan fingerprint density at radius 1 is 1.13 bits per heavy atom. The number of carbonyl (C=O) groups is 1. The van der Waals surface area contributed by atoms with Gasteiger partial charge in [0.2, 0.25) is 0 Å². The number of hydrogen-bond acceptors (Lipinski definition) is 3. The summed E-state index contributed by atoms with van der Waals surface area (Å²) in [6, 6.07) is 11.7. The molecule has 0 aliphatic rings. The Balaban J connectivity index is 1.62. The molecule has 0 aliphatic heterocycles. The summed E-state index contributed by atoms with van der Waals surface area (Å²) in [6.07, 6.45) is 5.80. The van der Waals surface area contributed by atoms with E-state index in [9.17, 15) is 4.79 Å². The summed E-state index contributed by atoms with van der Waals surface area (Å²) in [5.74, 6) is -0.198. The molecule has 1 amide bonds. The van der Waals surface area contributed by atoms with Crippen LogP contribution in [0.1, 0.15) is 10.5 Å². The van der Waals surface area contributed by atoms with E-state index >= 15 is 0 Å². The number of aromatic nitrogens is 3. The summed E-state index contributed by atoms with van der Waals surface area (Å²) >= 11 is 1.44. The number of benzene rings is 1. The van der Waals surface area contributed by atoms with Crippen LogP contribution in [0.25, 0.3) is 16.0 Å². The molecular weight excluding hydrogens is 308 g/mol. The summed E-state index contributed by atoms with van der Waals surface area (Å²) in [5.41, 5.74) is 2.30. The predicted octanol–water partition coefficient (Wildman–Crippen LogP) is 3.68. The van der Waals surface area contributed by atoms with Crippen LogP contribution >= 0.6 is 11.3 Å². The lowest BCUT2D eigenvalue weighted by Crippen LogP contribution is -2.12. The fraction of sp³-hybridized carbons (Fsp3) is 0.0588. The van der Waals surface area contributed by atoms with Gasteiger partial charge in [-0.05, 0) is 30.3 Å².